The summed E-state index contributed by atoms with van der Waals surface area (Å²) in [6.07, 6.45) is 11.6. The molecule has 0 saturated carbocycles. The van der Waals surface area contributed by atoms with Crippen LogP contribution in [0.25, 0.3) is 0 Å². The van der Waals surface area contributed by atoms with Gasteiger partial charge < -0.3 is 0 Å². The zero-order chi connectivity index (χ0) is 9.23. The molecule has 0 aromatic rings. The van der Waals surface area contributed by atoms with Gasteiger partial charge in [-0.3, -0.25) is 4.99 Å². The Bertz CT molecular complexity index is 151. The minimum absolute atomic E-state index is 0.579. The van der Waals surface area contributed by atoms with Gasteiger partial charge in [0.2, 0.25) is 0 Å². The maximum absolute atomic E-state index is 5.13. The summed E-state index contributed by atoms with van der Waals surface area (Å²) in [5.74, 6) is 3.22. The minimum Gasteiger partial charge on any atom is -0.297 e. The standard InChI is InChI=1S/C11H19N/c1-4-5-6-7-8-9-12-10-11(2)3/h1,10-11H,5-9H2,2-3H3. The van der Waals surface area contributed by atoms with E-state index in [0.29, 0.717) is 5.92 Å². The normalized spacial score (nSPS) is 10.8. The lowest BCUT2D eigenvalue weighted by Crippen LogP contribution is -1.89. The Hall–Kier alpha value is -0.770. The second-order valence-corrected chi connectivity index (χ2v) is 3.31. The van der Waals surface area contributed by atoms with Gasteiger partial charge in [-0.2, -0.15) is 0 Å². The Morgan fingerprint density at radius 1 is 1.33 bits per heavy atom. The average Bonchev–Trinajstić information content (AvgIpc) is 2.02. The van der Waals surface area contributed by atoms with E-state index >= 15 is 0 Å². The molecule has 0 amide bonds. The quantitative estimate of drug-likeness (QED) is 0.326. The topological polar surface area (TPSA) is 12.4 Å². The van der Waals surface area contributed by atoms with Crippen molar-refractivity contribution in [1.82, 2.24) is 0 Å². The third-order valence-electron chi connectivity index (χ3n) is 1.51. The molecule has 0 spiro atoms. The fourth-order valence-electron chi connectivity index (χ4n) is 0.892. The predicted molar refractivity (Wildman–Crippen MR) is 55.5 cm³/mol. The first-order valence-corrected chi connectivity index (χ1v) is 4.70. The summed E-state index contributed by atoms with van der Waals surface area (Å²) in [6, 6.07) is 0. The highest BCUT2D eigenvalue weighted by atomic mass is 14.7. The molecule has 0 radical (unpaired) electrons. The van der Waals surface area contributed by atoms with E-state index in [9.17, 15) is 0 Å². The van der Waals surface area contributed by atoms with Gasteiger partial charge in [0.25, 0.3) is 0 Å². The Morgan fingerprint density at radius 3 is 2.67 bits per heavy atom. The van der Waals surface area contributed by atoms with Crippen LogP contribution in [-0.2, 0) is 0 Å². The summed E-state index contributed by atoms with van der Waals surface area (Å²) >= 11 is 0. The third kappa shape index (κ3) is 9.23. The third-order valence-corrected chi connectivity index (χ3v) is 1.51. The van der Waals surface area contributed by atoms with Crippen LogP contribution in [0.2, 0.25) is 0 Å². The average molecular weight is 165 g/mol. The lowest BCUT2D eigenvalue weighted by Gasteiger charge is -1.95. The van der Waals surface area contributed by atoms with Gasteiger partial charge in [0.1, 0.15) is 0 Å². The van der Waals surface area contributed by atoms with Gasteiger partial charge in [-0.15, -0.1) is 12.3 Å². The molecule has 0 aliphatic rings. The number of aliphatic imine (C=N–C) groups is 1. The van der Waals surface area contributed by atoms with Crippen molar-refractivity contribution in [3.8, 4) is 12.3 Å². The molecule has 0 unspecified atom stereocenters. The summed E-state index contributed by atoms with van der Waals surface area (Å²) in [5.41, 5.74) is 0. The number of hydrogen-bond acceptors (Lipinski definition) is 1. The predicted octanol–water partition coefficient (Wildman–Crippen LogP) is 2.91. The summed E-state index contributed by atoms with van der Waals surface area (Å²) < 4.78 is 0. The van der Waals surface area contributed by atoms with Crippen LogP contribution < -0.4 is 0 Å². The van der Waals surface area contributed by atoms with Gasteiger partial charge in [-0.1, -0.05) is 20.3 Å². The minimum atomic E-state index is 0.579. The van der Waals surface area contributed by atoms with Crippen molar-refractivity contribution < 1.29 is 0 Å². The second kappa shape index (κ2) is 8.33. The van der Waals surface area contributed by atoms with Crippen LogP contribution >= 0.6 is 0 Å². The number of rotatable bonds is 6. The first-order valence-electron chi connectivity index (χ1n) is 4.70. The van der Waals surface area contributed by atoms with Crippen molar-refractivity contribution in [2.75, 3.05) is 6.54 Å². The molecule has 0 heterocycles. The molecule has 0 fully saturated rings. The fourth-order valence-corrected chi connectivity index (χ4v) is 0.892. The van der Waals surface area contributed by atoms with E-state index < -0.39 is 0 Å². The molecule has 1 nitrogen and oxygen atoms in total. The van der Waals surface area contributed by atoms with Gasteiger partial charge in [0.15, 0.2) is 0 Å². The molecule has 0 bridgehead atoms. The van der Waals surface area contributed by atoms with Crippen LogP contribution in [-0.4, -0.2) is 12.8 Å². The molecule has 0 aliphatic heterocycles. The van der Waals surface area contributed by atoms with Gasteiger partial charge in [0.05, 0.1) is 0 Å². The lowest BCUT2D eigenvalue weighted by molar-refractivity contribution is 0.701. The Labute approximate surface area is 76.3 Å². The molecule has 0 N–H and O–H groups in total. The molecule has 0 rings (SSSR count). The van der Waals surface area contributed by atoms with Crippen molar-refractivity contribution >= 4 is 6.21 Å². The Kier molecular flexibility index (Phi) is 7.79. The van der Waals surface area contributed by atoms with Crippen molar-refractivity contribution in [2.24, 2.45) is 10.9 Å². The molecule has 68 valence electrons. The van der Waals surface area contributed by atoms with Crippen molar-refractivity contribution in [1.29, 1.82) is 0 Å². The van der Waals surface area contributed by atoms with Gasteiger partial charge in [0, 0.05) is 19.2 Å². The molecule has 0 saturated heterocycles. The maximum atomic E-state index is 5.13. The highest BCUT2D eigenvalue weighted by molar-refractivity contribution is 5.59. The smallest absolute Gasteiger partial charge is 0.0385 e. The molecular formula is C11H19N. The summed E-state index contributed by atoms with van der Waals surface area (Å²) in [4.78, 5) is 4.29. The van der Waals surface area contributed by atoms with Gasteiger partial charge in [-0.05, 0) is 18.8 Å². The van der Waals surface area contributed by atoms with Crippen LogP contribution in [0.15, 0.2) is 4.99 Å². The molecular weight excluding hydrogens is 146 g/mol. The van der Waals surface area contributed by atoms with Crippen LogP contribution in [0.4, 0.5) is 0 Å². The zero-order valence-corrected chi connectivity index (χ0v) is 8.21. The fraction of sp³-hybridized carbons (Fsp3) is 0.727. The first kappa shape index (κ1) is 11.2. The second-order valence-electron chi connectivity index (χ2n) is 3.31. The summed E-state index contributed by atoms with van der Waals surface area (Å²) in [6.45, 7) is 5.24. The van der Waals surface area contributed by atoms with E-state index in [4.69, 9.17) is 6.42 Å². The highest BCUT2D eigenvalue weighted by Crippen LogP contribution is 1.98. The van der Waals surface area contributed by atoms with E-state index in [2.05, 4.69) is 24.8 Å². The molecule has 0 atom stereocenters. The number of hydrogen-bond donors (Lipinski definition) is 0. The summed E-state index contributed by atoms with van der Waals surface area (Å²) in [5, 5.41) is 0. The van der Waals surface area contributed by atoms with Crippen LogP contribution in [0.1, 0.15) is 39.5 Å². The molecule has 12 heavy (non-hydrogen) atoms. The first-order chi connectivity index (χ1) is 5.77. The molecule has 0 aliphatic carbocycles. The SMILES string of the molecule is C#CCCCCCN=CC(C)C. The number of terminal acetylenes is 1. The molecule has 0 aromatic carbocycles. The lowest BCUT2D eigenvalue weighted by atomic mass is 10.2. The number of unbranched alkanes of at least 4 members (excludes halogenated alkanes) is 3. The van der Waals surface area contributed by atoms with E-state index in [-0.39, 0.29) is 0 Å². The largest absolute Gasteiger partial charge is 0.297 e. The van der Waals surface area contributed by atoms with Crippen LogP contribution in [0, 0.1) is 18.3 Å². The van der Waals surface area contributed by atoms with Crippen molar-refractivity contribution in [3.63, 3.8) is 0 Å². The van der Waals surface area contributed by atoms with Crippen molar-refractivity contribution in [2.45, 2.75) is 39.5 Å². The maximum Gasteiger partial charge on any atom is 0.0385 e. The molecule has 1 heteroatoms. The Balaban J connectivity index is 3.06. The summed E-state index contributed by atoms with van der Waals surface area (Å²) in [7, 11) is 0. The highest BCUT2D eigenvalue weighted by Gasteiger charge is 1.87. The van der Waals surface area contributed by atoms with E-state index in [1.54, 1.807) is 0 Å². The van der Waals surface area contributed by atoms with Gasteiger partial charge in [-0.25, -0.2) is 0 Å². The Morgan fingerprint density at radius 2 is 2.08 bits per heavy atom. The molecule has 0 aromatic heterocycles. The zero-order valence-electron chi connectivity index (χ0n) is 8.21. The van der Waals surface area contributed by atoms with Crippen LogP contribution in [0.5, 0.6) is 0 Å². The van der Waals surface area contributed by atoms with E-state index in [1.807, 2.05) is 6.21 Å². The van der Waals surface area contributed by atoms with Gasteiger partial charge >= 0.3 is 0 Å². The van der Waals surface area contributed by atoms with Crippen LogP contribution in [0.3, 0.4) is 0 Å². The monoisotopic (exact) mass is 165 g/mol. The van der Waals surface area contributed by atoms with Crippen molar-refractivity contribution in [3.05, 3.63) is 0 Å². The number of nitrogens with zero attached hydrogens (tertiary/aromatic N) is 1. The van der Waals surface area contributed by atoms with E-state index in [0.717, 1.165) is 19.4 Å². The van der Waals surface area contributed by atoms with E-state index in [1.165, 1.54) is 12.8 Å².